The molecule has 0 atom stereocenters. The van der Waals surface area contributed by atoms with E-state index in [9.17, 15) is 4.79 Å². The van der Waals surface area contributed by atoms with E-state index in [1.807, 2.05) is 0 Å². The van der Waals surface area contributed by atoms with Gasteiger partial charge in [0.05, 0.1) is 33.0 Å². The molecule has 0 unspecified atom stereocenters. The summed E-state index contributed by atoms with van der Waals surface area (Å²) in [6.45, 7) is 11.0. The molecule has 0 spiro atoms. The number of hydrogen-bond donors (Lipinski definition) is 2. The zero-order valence-electron chi connectivity index (χ0n) is 12.8. The molecule has 2 rings (SSSR count). The highest BCUT2D eigenvalue weighted by Crippen LogP contribution is 1.95. The van der Waals surface area contributed by atoms with Crippen LogP contribution in [0.25, 0.3) is 0 Å². The topological polar surface area (TPSA) is 66.1 Å². The lowest BCUT2D eigenvalue weighted by atomic mass is 10.4. The van der Waals surface area contributed by atoms with Crippen molar-refractivity contribution < 1.29 is 14.3 Å². The summed E-state index contributed by atoms with van der Waals surface area (Å²) in [5, 5.41) is 6.14. The van der Waals surface area contributed by atoms with Crippen molar-refractivity contribution in [1.82, 2.24) is 20.4 Å². The molecule has 2 fully saturated rings. The fourth-order valence-electron chi connectivity index (χ4n) is 2.50. The van der Waals surface area contributed by atoms with Crippen molar-refractivity contribution in [3.63, 3.8) is 0 Å². The van der Waals surface area contributed by atoms with Crippen molar-refractivity contribution in [1.29, 1.82) is 0 Å². The minimum Gasteiger partial charge on any atom is -0.379 e. The Morgan fingerprint density at radius 3 is 1.95 bits per heavy atom. The Hall–Kier alpha value is -0.730. The second-order valence-electron chi connectivity index (χ2n) is 5.43. The zero-order chi connectivity index (χ0) is 14.8. The number of nitrogens with zero attached hydrogens (tertiary/aromatic N) is 2. The molecule has 0 radical (unpaired) electrons. The summed E-state index contributed by atoms with van der Waals surface area (Å²) in [7, 11) is 0. The predicted molar refractivity (Wildman–Crippen MR) is 80.4 cm³/mol. The number of rotatable bonds is 8. The molecule has 0 aromatic carbocycles. The Labute approximate surface area is 126 Å². The van der Waals surface area contributed by atoms with Crippen molar-refractivity contribution in [2.24, 2.45) is 0 Å². The third-order valence-corrected chi connectivity index (χ3v) is 3.85. The highest BCUT2D eigenvalue weighted by atomic mass is 16.5. The normalized spacial score (nSPS) is 21.3. The number of morpholine rings is 2. The molecule has 0 saturated carbocycles. The van der Waals surface area contributed by atoms with Gasteiger partial charge in [-0.15, -0.1) is 0 Å². The van der Waals surface area contributed by atoms with E-state index in [-0.39, 0.29) is 5.91 Å². The minimum atomic E-state index is 0.0743. The van der Waals surface area contributed by atoms with Gasteiger partial charge in [0.2, 0.25) is 5.91 Å². The van der Waals surface area contributed by atoms with Crippen LogP contribution in [-0.2, 0) is 14.3 Å². The fourth-order valence-corrected chi connectivity index (χ4v) is 2.50. The Morgan fingerprint density at radius 2 is 1.38 bits per heavy atom. The number of hydrogen-bond acceptors (Lipinski definition) is 6. The molecule has 0 aromatic rings. The van der Waals surface area contributed by atoms with Gasteiger partial charge in [0.1, 0.15) is 0 Å². The van der Waals surface area contributed by atoms with Gasteiger partial charge in [-0.3, -0.25) is 14.6 Å². The van der Waals surface area contributed by atoms with Crippen LogP contribution in [0.15, 0.2) is 0 Å². The van der Waals surface area contributed by atoms with Crippen LogP contribution in [0.4, 0.5) is 0 Å². The van der Waals surface area contributed by atoms with Crippen molar-refractivity contribution in [3.8, 4) is 0 Å². The Balaban J connectivity index is 1.42. The lowest BCUT2D eigenvalue weighted by Gasteiger charge is -2.26. The average Bonchev–Trinajstić information content (AvgIpc) is 2.54. The molecule has 0 aromatic heterocycles. The standard InChI is InChI=1S/C14H28N4O3/c19-14(16-2-4-18-7-11-21-12-8-18)13-15-1-3-17-5-9-20-10-6-17/h15H,1-13H2,(H,16,19). The highest BCUT2D eigenvalue weighted by molar-refractivity contribution is 5.77. The molecular formula is C14H28N4O3. The maximum absolute atomic E-state index is 11.7. The van der Waals surface area contributed by atoms with Crippen molar-refractivity contribution >= 4 is 5.91 Å². The van der Waals surface area contributed by atoms with Crippen LogP contribution in [0, 0.1) is 0 Å². The molecule has 7 heteroatoms. The molecule has 122 valence electrons. The van der Waals surface area contributed by atoms with Gasteiger partial charge in [-0.05, 0) is 0 Å². The molecule has 0 bridgehead atoms. The second kappa shape index (κ2) is 10.1. The van der Waals surface area contributed by atoms with Gasteiger partial charge in [0.15, 0.2) is 0 Å². The highest BCUT2D eigenvalue weighted by Gasteiger charge is 2.11. The van der Waals surface area contributed by atoms with Crippen LogP contribution in [0.3, 0.4) is 0 Å². The summed E-state index contributed by atoms with van der Waals surface area (Å²) < 4.78 is 10.6. The minimum absolute atomic E-state index is 0.0743. The molecule has 21 heavy (non-hydrogen) atoms. The molecule has 2 heterocycles. The van der Waals surface area contributed by atoms with E-state index < -0.39 is 0 Å². The van der Waals surface area contributed by atoms with E-state index >= 15 is 0 Å². The van der Waals surface area contributed by atoms with Gasteiger partial charge < -0.3 is 20.1 Å². The first-order chi connectivity index (χ1) is 10.3. The number of nitrogens with one attached hydrogen (secondary N) is 2. The second-order valence-corrected chi connectivity index (χ2v) is 5.43. The van der Waals surface area contributed by atoms with Crippen molar-refractivity contribution in [3.05, 3.63) is 0 Å². The third-order valence-electron chi connectivity index (χ3n) is 3.85. The molecule has 1 amide bonds. The van der Waals surface area contributed by atoms with Crippen LogP contribution in [-0.4, -0.2) is 101 Å². The van der Waals surface area contributed by atoms with E-state index in [2.05, 4.69) is 20.4 Å². The summed E-state index contributed by atoms with van der Waals surface area (Å²) in [5.41, 5.74) is 0. The van der Waals surface area contributed by atoms with Gasteiger partial charge in [-0.2, -0.15) is 0 Å². The maximum Gasteiger partial charge on any atom is 0.234 e. The molecule has 2 saturated heterocycles. The molecule has 2 aliphatic rings. The summed E-state index contributed by atoms with van der Waals surface area (Å²) in [6.07, 6.45) is 0. The Bertz CT molecular complexity index is 292. The van der Waals surface area contributed by atoms with Crippen LogP contribution in [0.5, 0.6) is 0 Å². The van der Waals surface area contributed by atoms with Crippen LogP contribution < -0.4 is 10.6 Å². The summed E-state index contributed by atoms with van der Waals surface area (Å²) in [6, 6.07) is 0. The smallest absolute Gasteiger partial charge is 0.234 e. The first-order valence-corrected chi connectivity index (χ1v) is 7.92. The Kier molecular flexibility index (Phi) is 7.98. The van der Waals surface area contributed by atoms with Gasteiger partial charge in [0.25, 0.3) is 0 Å². The average molecular weight is 300 g/mol. The van der Waals surface area contributed by atoms with Crippen molar-refractivity contribution in [2.45, 2.75) is 0 Å². The van der Waals surface area contributed by atoms with Gasteiger partial charge in [0, 0.05) is 52.4 Å². The monoisotopic (exact) mass is 300 g/mol. The van der Waals surface area contributed by atoms with Crippen LogP contribution in [0.2, 0.25) is 0 Å². The summed E-state index contributed by atoms with van der Waals surface area (Å²) in [5.74, 6) is 0.0743. The Morgan fingerprint density at radius 1 is 0.857 bits per heavy atom. The molecule has 0 aliphatic carbocycles. The largest absolute Gasteiger partial charge is 0.379 e. The van der Waals surface area contributed by atoms with Gasteiger partial charge in [-0.1, -0.05) is 0 Å². The van der Waals surface area contributed by atoms with E-state index in [1.165, 1.54) is 0 Å². The van der Waals surface area contributed by atoms with Crippen molar-refractivity contribution in [2.75, 3.05) is 85.3 Å². The van der Waals surface area contributed by atoms with E-state index in [0.29, 0.717) is 13.1 Å². The zero-order valence-corrected chi connectivity index (χ0v) is 12.8. The summed E-state index contributed by atoms with van der Waals surface area (Å²) >= 11 is 0. The lowest BCUT2D eigenvalue weighted by molar-refractivity contribution is -0.120. The number of ether oxygens (including phenoxy) is 2. The maximum atomic E-state index is 11.7. The molecule has 7 nitrogen and oxygen atoms in total. The lowest BCUT2D eigenvalue weighted by Crippen LogP contribution is -2.44. The first kappa shape index (κ1) is 16.6. The quantitative estimate of drug-likeness (QED) is 0.524. The SMILES string of the molecule is O=C(CNCCN1CCOCC1)NCCN1CCOCC1. The number of carbonyl (C=O) groups is 1. The number of carbonyl (C=O) groups excluding carboxylic acids is 1. The van der Waals surface area contributed by atoms with Gasteiger partial charge >= 0.3 is 0 Å². The van der Waals surface area contributed by atoms with E-state index in [1.54, 1.807) is 0 Å². The first-order valence-electron chi connectivity index (χ1n) is 7.92. The van der Waals surface area contributed by atoms with Gasteiger partial charge in [-0.25, -0.2) is 0 Å². The van der Waals surface area contributed by atoms with Crippen LogP contribution in [0.1, 0.15) is 0 Å². The molecule has 2 N–H and O–H groups in total. The van der Waals surface area contributed by atoms with E-state index in [0.717, 1.165) is 72.2 Å². The van der Waals surface area contributed by atoms with E-state index in [4.69, 9.17) is 9.47 Å². The molecule has 2 aliphatic heterocycles. The van der Waals surface area contributed by atoms with Crippen LogP contribution >= 0.6 is 0 Å². The molecular weight excluding hydrogens is 272 g/mol. The number of amides is 1. The fraction of sp³-hybridized carbons (Fsp3) is 0.929. The summed E-state index contributed by atoms with van der Waals surface area (Å²) in [4.78, 5) is 16.4. The third kappa shape index (κ3) is 7.19. The predicted octanol–water partition coefficient (Wildman–Crippen LogP) is -1.64.